The molecule has 0 bridgehead atoms. The molecule has 3 heteroatoms. The third kappa shape index (κ3) is 2.08. The van der Waals surface area contributed by atoms with Crippen LogP contribution >= 0.6 is 15.9 Å². The highest BCUT2D eigenvalue weighted by atomic mass is 79.9. The van der Waals surface area contributed by atoms with Gasteiger partial charge in [-0.25, -0.2) is 0 Å². The van der Waals surface area contributed by atoms with Gasteiger partial charge in [0, 0.05) is 21.6 Å². The third-order valence-corrected chi connectivity index (χ3v) is 3.26. The molecular weight excluding hydrogens is 252 g/mol. The van der Waals surface area contributed by atoms with E-state index in [1.54, 1.807) is 0 Å². The second kappa shape index (κ2) is 4.37. The van der Waals surface area contributed by atoms with Crippen LogP contribution in [0.1, 0.15) is 25.6 Å². The van der Waals surface area contributed by atoms with Gasteiger partial charge in [0.1, 0.15) is 0 Å². The lowest BCUT2D eigenvalue weighted by Crippen LogP contribution is -2.17. The van der Waals surface area contributed by atoms with Crippen molar-refractivity contribution in [2.75, 3.05) is 6.54 Å². The van der Waals surface area contributed by atoms with Crippen LogP contribution in [0.25, 0.3) is 10.9 Å². The van der Waals surface area contributed by atoms with Gasteiger partial charge in [0.25, 0.3) is 0 Å². The van der Waals surface area contributed by atoms with Gasteiger partial charge in [-0.1, -0.05) is 19.1 Å². The van der Waals surface area contributed by atoms with Crippen molar-refractivity contribution in [2.24, 2.45) is 0 Å². The Hall–Kier alpha value is -0.800. The molecule has 80 valence electrons. The molecule has 0 fully saturated rings. The number of rotatable bonds is 3. The summed E-state index contributed by atoms with van der Waals surface area (Å²) in [5.74, 6) is 0. The molecule has 0 spiro atoms. The standard InChI is InChI=1S/C12H15BrN2/c1-3-14-8(2)11-7-9-5-4-6-10(13)12(9)15-11/h4-8,14-15H,3H2,1-2H3. The highest BCUT2D eigenvalue weighted by molar-refractivity contribution is 9.10. The number of para-hydroxylation sites is 1. The molecule has 0 saturated carbocycles. The summed E-state index contributed by atoms with van der Waals surface area (Å²) in [6.07, 6.45) is 0. The number of fused-ring (bicyclic) bond motifs is 1. The molecule has 1 aromatic heterocycles. The van der Waals surface area contributed by atoms with Gasteiger partial charge < -0.3 is 10.3 Å². The van der Waals surface area contributed by atoms with E-state index >= 15 is 0 Å². The molecule has 0 amide bonds. The van der Waals surface area contributed by atoms with Gasteiger partial charge in [0.05, 0.1) is 5.52 Å². The molecule has 1 aromatic carbocycles. The summed E-state index contributed by atoms with van der Waals surface area (Å²) in [4.78, 5) is 3.44. The summed E-state index contributed by atoms with van der Waals surface area (Å²) in [7, 11) is 0. The predicted octanol–water partition coefficient (Wildman–Crippen LogP) is 3.60. The first-order valence-electron chi connectivity index (χ1n) is 5.23. The van der Waals surface area contributed by atoms with Crippen LogP contribution in [0, 0.1) is 0 Å². The van der Waals surface area contributed by atoms with Gasteiger partial charge in [-0.2, -0.15) is 0 Å². The Balaban J connectivity index is 2.43. The maximum atomic E-state index is 3.55. The second-order valence-corrected chi connectivity index (χ2v) is 4.56. The van der Waals surface area contributed by atoms with Gasteiger partial charge in [-0.15, -0.1) is 0 Å². The van der Waals surface area contributed by atoms with E-state index in [9.17, 15) is 0 Å². The van der Waals surface area contributed by atoms with E-state index in [2.05, 4.69) is 64.3 Å². The lowest BCUT2D eigenvalue weighted by molar-refractivity contribution is 0.587. The van der Waals surface area contributed by atoms with Crippen LogP contribution in [0.5, 0.6) is 0 Å². The number of H-pyrrole nitrogens is 1. The Morgan fingerprint density at radius 1 is 1.47 bits per heavy atom. The average molecular weight is 267 g/mol. The summed E-state index contributed by atoms with van der Waals surface area (Å²) in [5.41, 5.74) is 2.41. The molecule has 15 heavy (non-hydrogen) atoms. The lowest BCUT2D eigenvalue weighted by Gasteiger charge is -2.09. The van der Waals surface area contributed by atoms with Gasteiger partial charge in [0.2, 0.25) is 0 Å². The van der Waals surface area contributed by atoms with E-state index in [0.29, 0.717) is 6.04 Å². The Kier molecular flexibility index (Phi) is 3.12. The van der Waals surface area contributed by atoms with Crippen molar-refractivity contribution in [2.45, 2.75) is 19.9 Å². The van der Waals surface area contributed by atoms with E-state index in [0.717, 1.165) is 11.0 Å². The third-order valence-electron chi connectivity index (χ3n) is 2.60. The summed E-state index contributed by atoms with van der Waals surface area (Å²) in [5, 5.41) is 4.65. The maximum absolute atomic E-state index is 3.55. The summed E-state index contributed by atoms with van der Waals surface area (Å²) in [6.45, 7) is 5.27. The molecule has 2 aromatic rings. The summed E-state index contributed by atoms with van der Waals surface area (Å²) in [6, 6.07) is 8.81. The Labute approximate surface area is 98.2 Å². The molecular formula is C12H15BrN2. The van der Waals surface area contributed by atoms with E-state index in [1.165, 1.54) is 16.6 Å². The Bertz CT molecular complexity index is 462. The lowest BCUT2D eigenvalue weighted by atomic mass is 10.2. The maximum Gasteiger partial charge on any atom is 0.0600 e. The Morgan fingerprint density at radius 2 is 2.27 bits per heavy atom. The number of aromatic amines is 1. The van der Waals surface area contributed by atoms with Gasteiger partial charge in [0.15, 0.2) is 0 Å². The zero-order valence-electron chi connectivity index (χ0n) is 8.97. The quantitative estimate of drug-likeness (QED) is 0.873. The molecule has 0 radical (unpaired) electrons. The van der Waals surface area contributed by atoms with Crippen LogP contribution in [-0.2, 0) is 0 Å². The SMILES string of the molecule is CCNC(C)c1cc2cccc(Br)c2[nH]1. The molecule has 0 aliphatic heterocycles. The number of halogens is 1. The topological polar surface area (TPSA) is 27.8 Å². The molecule has 1 atom stereocenters. The normalized spacial score (nSPS) is 13.3. The molecule has 1 heterocycles. The van der Waals surface area contributed by atoms with Crippen LogP contribution in [0.4, 0.5) is 0 Å². The second-order valence-electron chi connectivity index (χ2n) is 3.71. The van der Waals surface area contributed by atoms with Crippen LogP contribution < -0.4 is 5.32 Å². The number of hydrogen-bond acceptors (Lipinski definition) is 1. The fraction of sp³-hybridized carbons (Fsp3) is 0.333. The molecule has 1 unspecified atom stereocenters. The van der Waals surface area contributed by atoms with Crippen molar-refractivity contribution in [1.82, 2.24) is 10.3 Å². The highest BCUT2D eigenvalue weighted by Gasteiger charge is 2.08. The monoisotopic (exact) mass is 266 g/mol. The van der Waals surface area contributed by atoms with Crippen molar-refractivity contribution in [3.05, 3.63) is 34.4 Å². The molecule has 2 rings (SSSR count). The Morgan fingerprint density at radius 3 is 2.93 bits per heavy atom. The molecule has 2 nitrogen and oxygen atoms in total. The van der Waals surface area contributed by atoms with Crippen molar-refractivity contribution >= 4 is 26.8 Å². The van der Waals surface area contributed by atoms with Gasteiger partial charge in [-0.05, 0) is 41.5 Å². The van der Waals surface area contributed by atoms with Gasteiger partial charge in [-0.3, -0.25) is 0 Å². The van der Waals surface area contributed by atoms with Crippen molar-refractivity contribution in [3.63, 3.8) is 0 Å². The summed E-state index contributed by atoms with van der Waals surface area (Å²) >= 11 is 3.55. The van der Waals surface area contributed by atoms with E-state index in [-0.39, 0.29) is 0 Å². The zero-order chi connectivity index (χ0) is 10.8. The van der Waals surface area contributed by atoms with Crippen molar-refractivity contribution < 1.29 is 0 Å². The number of nitrogens with one attached hydrogen (secondary N) is 2. The van der Waals surface area contributed by atoms with Crippen LogP contribution in [-0.4, -0.2) is 11.5 Å². The van der Waals surface area contributed by atoms with E-state index in [4.69, 9.17) is 0 Å². The fourth-order valence-corrected chi connectivity index (χ4v) is 2.27. The molecule has 2 N–H and O–H groups in total. The molecule has 0 aliphatic rings. The van der Waals surface area contributed by atoms with E-state index < -0.39 is 0 Å². The largest absolute Gasteiger partial charge is 0.356 e. The smallest absolute Gasteiger partial charge is 0.0600 e. The minimum absolute atomic E-state index is 0.370. The van der Waals surface area contributed by atoms with Crippen LogP contribution in [0.15, 0.2) is 28.7 Å². The highest BCUT2D eigenvalue weighted by Crippen LogP contribution is 2.26. The minimum Gasteiger partial charge on any atom is -0.356 e. The molecule has 0 aliphatic carbocycles. The zero-order valence-corrected chi connectivity index (χ0v) is 10.6. The van der Waals surface area contributed by atoms with Gasteiger partial charge >= 0.3 is 0 Å². The number of hydrogen-bond donors (Lipinski definition) is 2. The van der Waals surface area contributed by atoms with Crippen LogP contribution in [0.2, 0.25) is 0 Å². The van der Waals surface area contributed by atoms with Crippen molar-refractivity contribution in [3.8, 4) is 0 Å². The first kappa shape index (κ1) is 10.7. The predicted molar refractivity (Wildman–Crippen MR) is 68.1 cm³/mol. The first-order chi connectivity index (χ1) is 7.22. The minimum atomic E-state index is 0.370. The number of benzene rings is 1. The fourth-order valence-electron chi connectivity index (χ4n) is 1.79. The summed E-state index contributed by atoms with van der Waals surface area (Å²) < 4.78 is 1.12. The average Bonchev–Trinajstić information content (AvgIpc) is 2.63. The number of aromatic nitrogens is 1. The van der Waals surface area contributed by atoms with Crippen LogP contribution in [0.3, 0.4) is 0 Å². The van der Waals surface area contributed by atoms with Crippen molar-refractivity contribution in [1.29, 1.82) is 0 Å². The molecule has 0 saturated heterocycles. The van der Waals surface area contributed by atoms with E-state index in [1.807, 2.05) is 0 Å². The first-order valence-corrected chi connectivity index (χ1v) is 6.02.